The Kier molecular flexibility index (Phi) is 4.84. The van der Waals surface area contributed by atoms with Gasteiger partial charge in [-0.25, -0.2) is 0 Å². The summed E-state index contributed by atoms with van der Waals surface area (Å²) in [6, 6.07) is 12.8. The SMILES string of the molecule is Cc1ccccc1C1/C(=C(\O)c2ccc3c(c2)CC(C)O3)C(=O)C(=O)N1C1CCCC1. The zero-order valence-corrected chi connectivity index (χ0v) is 17.9. The number of benzene rings is 2. The summed E-state index contributed by atoms with van der Waals surface area (Å²) in [5.41, 5.74) is 3.65. The van der Waals surface area contributed by atoms with Crippen LogP contribution in [0.2, 0.25) is 0 Å². The summed E-state index contributed by atoms with van der Waals surface area (Å²) < 4.78 is 5.77. The molecule has 1 N–H and O–H groups in total. The van der Waals surface area contributed by atoms with Crippen molar-refractivity contribution in [3.05, 3.63) is 70.3 Å². The maximum Gasteiger partial charge on any atom is 0.295 e. The lowest BCUT2D eigenvalue weighted by Gasteiger charge is -2.31. The summed E-state index contributed by atoms with van der Waals surface area (Å²) in [6.45, 7) is 3.99. The second-order valence-electron chi connectivity index (χ2n) is 8.96. The van der Waals surface area contributed by atoms with Gasteiger partial charge in [0.15, 0.2) is 0 Å². The number of ether oxygens (including phenoxy) is 1. The molecule has 1 saturated heterocycles. The molecule has 2 heterocycles. The van der Waals surface area contributed by atoms with Gasteiger partial charge in [0, 0.05) is 18.0 Å². The van der Waals surface area contributed by atoms with Gasteiger partial charge in [0.2, 0.25) is 0 Å². The van der Waals surface area contributed by atoms with Gasteiger partial charge in [-0.2, -0.15) is 0 Å². The summed E-state index contributed by atoms with van der Waals surface area (Å²) in [5.74, 6) is -0.386. The maximum atomic E-state index is 13.2. The van der Waals surface area contributed by atoms with Gasteiger partial charge in [-0.3, -0.25) is 9.59 Å². The minimum Gasteiger partial charge on any atom is -0.507 e. The molecule has 5 heteroatoms. The molecule has 2 atom stereocenters. The number of rotatable bonds is 3. The molecular formula is C26H27NO4. The van der Waals surface area contributed by atoms with Crippen LogP contribution in [0.4, 0.5) is 0 Å². The van der Waals surface area contributed by atoms with E-state index >= 15 is 0 Å². The number of carbonyl (C=O) groups excluding carboxylic acids is 2. The van der Waals surface area contributed by atoms with Gasteiger partial charge < -0.3 is 14.7 Å². The van der Waals surface area contributed by atoms with Crippen LogP contribution in [-0.4, -0.2) is 33.8 Å². The van der Waals surface area contributed by atoms with Crippen LogP contribution < -0.4 is 4.74 Å². The first-order valence-corrected chi connectivity index (χ1v) is 11.1. The molecular weight excluding hydrogens is 390 g/mol. The Hall–Kier alpha value is -3.08. The summed E-state index contributed by atoms with van der Waals surface area (Å²) >= 11 is 0. The number of Topliss-reactive ketones (excluding diaryl/α,β-unsaturated/α-hetero) is 1. The number of aliphatic hydroxyl groups excluding tert-OH is 1. The number of hydrogen-bond donors (Lipinski definition) is 1. The quantitative estimate of drug-likeness (QED) is 0.447. The molecule has 0 bridgehead atoms. The van der Waals surface area contributed by atoms with Crippen molar-refractivity contribution < 1.29 is 19.4 Å². The predicted molar refractivity (Wildman–Crippen MR) is 118 cm³/mol. The van der Waals surface area contributed by atoms with E-state index in [0.29, 0.717) is 5.56 Å². The lowest BCUT2D eigenvalue weighted by Crippen LogP contribution is -2.37. The van der Waals surface area contributed by atoms with Gasteiger partial charge in [-0.05, 0) is 61.6 Å². The Labute approximate surface area is 182 Å². The standard InChI is InChI=1S/C26H27NO4/c1-15-7-3-6-10-20(15)23-22(25(29)26(30)27(23)19-8-4-5-9-19)24(28)17-11-12-21-18(14-17)13-16(2)31-21/h3,6-7,10-12,14,16,19,23,28H,4-5,8-9,13H2,1-2H3/b24-22+. The van der Waals surface area contributed by atoms with Crippen LogP contribution in [0.5, 0.6) is 5.75 Å². The topological polar surface area (TPSA) is 66.8 Å². The number of fused-ring (bicyclic) bond motifs is 1. The number of ketones is 1. The lowest BCUT2D eigenvalue weighted by atomic mass is 9.91. The third-order valence-electron chi connectivity index (χ3n) is 6.85. The van der Waals surface area contributed by atoms with Crippen LogP contribution in [0.3, 0.4) is 0 Å². The number of nitrogens with zero attached hydrogens (tertiary/aromatic N) is 1. The van der Waals surface area contributed by atoms with Crippen molar-refractivity contribution in [1.82, 2.24) is 4.90 Å². The highest BCUT2D eigenvalue weighted by atomic mass is 16.5. The fraction of sp³-hybridized carbons (Fsp3) is 0.385. The van der Waals surface area contributed by atoms with E-state index in [1.54, 1.807) is 11.0 Å². The number of hydrogen-bond acceptors (Lipinski definition) is 4. The highest BCUT2D eigenvalue weighted by molar-refractivity contribution is 6.46. The predicted octanol–water partition coefficient (Wildman–Crippen LogP) is 4.68. The third-order valence-corrected chi connectivity index (χ3v) is 6.85. The molecule has 2 aliphatic heterocycles. The van der Waals surface area contributed by atoms with Crippen molar-refractivity contribution in [2.45, 2.75) is 64.1 Å². The van der Waals surface area contributed by atoms with Gasteiger partial charge in [-0.1, -0.05) is 37.1 Å². The van der Waals surface area contributed by atoms with Crippen LogP contribution in [-0.2, 0) is 16.0 Å². The van der Waals surface area contributed by atoms with Gasteiger partial charge in [0.25, 0.3) is 11.7 Å². The average Bonchev–Trinajstić information content (AvgIpc) is 3.46. The fourth-order valence-electron chi connectivity index (χ4n) is 5.33. The zero-order chi connectivity index (χ0) is 21.7. The Morgan fingerprint density at radius 1 is 1.10 bits per heavy atom. The lowest BCUT2D eigenvalue weighted by molar-refractivity contribution is -0.141. The van der Waals surface area contributed by atoms with Crippen molar-refractivity contribution in [2.75, 3.05) is 0 Å². The Morgan fingerprint density at radius 3 is 2.58 bits per heavy atom. The molecule has 1 saturated carbocycles. The van der Waals surface area contributed by atoms with E-state index < -0.39 is 17.7 Å². The van der Waals surface area contributed by atoms with Crippen LogP contribution >= 0.6 is 0 Å². The molecule has 2 unspecified atom stereocenters. The van der Waals surface area contributed by atoms with Gasteiger partial charge in [0.05, 0.1) is 11.6 Å². The van der Waals surface area contributed by atoms with Gasteiger partial charge >= 0.3 is 0 Å². The number of aryl methyl sites for hydroxylation is 1. The molecule has 1 amide bonds. The average molecular weight is 418 g/mol. The van der Waals surface area contributed by atoms with Crippen molar-refractivity contribution >= 4 is 17.4 Å². The molecule has 160 valence electrons. The molecule has 2 aromatic carbocycles. The third kappa shape index (κ3) is 3.23. The fourth-order valence-corrected chi connectivity index (χ4v) is 5.33. The van der Waals surface area contributed by atoms with Crippen molar-refractivity contribution in [3.8, 4) is 5.75 Å². The van der Waals surface area contributed by atoms with Gasteiger partial charge in [0.1, 0.15) is 17.6 Å². The molecule has 5 rings (SSSR count). The summed E-state index contributed by atoms with van der Waals surface area (Å²) in [6.07, 6.45) is 4.74. The molecule has 5 nitrogen and oxygen atoms in total. The second-order valence-corrected chi connectivity index (χ2v) is 8.96. The van der Waals surface area contributed by atoms with Gasteiger partial charge in [-0.15, -0.1) is 0 Å². The van der Waals surface area contributed by atoms with Crippen LogP contribution in [0.15, 0.2) is 48.0 Å². The number of amides is 1. The number of likely N-dealkylation sites (tertiary alicyclic amines) is 1. The summed E-state index contributed by atoms with van der Waals surface area (Å²) in [7, 11) is 0. The Morgan fingerprint density at radius 2 is 1.84 bits per heavy atom. The first-order chi connectivity index (χ1) is 15.0. The molecule has 3 aliphatic rings. The summed E-state index contributed by atoms with van der Waals surface area (Å²) in [5, 5.41) is 11.3. The minimum atomic E-state index is -0.595. The van der Waals surface area contributed by atoms with Crippen molar-refractivity contribution in [3.63, 3.8) is 0 Å². The Bertz CT molecular complexity index is 1100. The molecule has 0 aromatic heterocycles. The van der Waals surface area contributed by atoms with E-state index in [0.717, 1.165) is 54.5 Å². The largest absolute Gasteiger partial charge is 0.507 e. The second kappa shape index (κ2) is 7.56. The van der Waals surface area contributed by atoms with E-state index in [2.05, 4.69) is 0 Å². The van der Waals surface area contributed by atoms with Crippen molar-refractivity contribution in [2.24, 2.45) is 0 Å². The number of carbonyl (C=O) groups is 2. The molecule has 0 radical (unpaired) electrons. The van der Waals surface area contributed by atoms with Crippen LogP contribution in [0, 0.1) is 6.92 Å². The smallest absolute Gasteiger partial charge is 0.295 e. The van der Waals surface area contributed by atoms with E-state index in [9.17, 15) is 14.7 Å². The van der Waals surface area contributed by atoms with Crippen LogP contribution in [0.25, 0.3) is 5.76 Å². The molecule has 0 spiro atoms. The first-order valence-electron chi connectivity index (χ1n) is 11.1. The highest BCUT2D eigenvalue weighted by Crippen LogP contribution is 2.44. The number of aliphatic hydroxyl groups is 1. The monoisotopic (exact) mass is 417 g/mol. The molecule has 1 aliphatic carbocycles. The zero-order valence-electron chi connectivity index (χ0n) is 17.9. The minimum absolute atomic E-state index is 0.0284. The molecule has 2 aromatic rings. The molecule has 2 fully saturated rings. The normalized spacial score (nSPS) is 25.2. The summed E-state index contributed by atoms with van der Waals surface area (Å²) in [4.78, 5) is 28.1. The van der Waals surface area contributed by atoms with E-state index in [-0.39, 0.29) is 23.5 Å². The van der Waals surface area contributed by atoms with E-state index in [4.69, 9.17) is 4.74 Å². The van der Waals surface area contributed by atoms with Crippen LogP contribution in [0.1, 0.15) is 60.9 Å². The van der Waals surface area contributed by atoms with E-state index in [1.807, 2.05) is 50.2 Å². The first kappa shape index (κ1) is 19.9. The Balaban J connectivity index is 1.66. The highest BCUT2D eigenvalue weighted by Gasteiger charge is 2.49. The maximum absolute atomic E-state index is 13.2. The van der Waals surface area contributed by atoms with E-state index in [1.165, 1.54) is 0 Å². The van der Waals surface area contributed by atoms with Crippen molar-refractivity contribution in [1.29, 1.82) is 0 Å². The molecule has 31 heavy (non-hydrogen) atoms.